The van der Waals surface area contributed by atoms with Gasteiger partial charge in [0.1, 0.15) is 0 Å². The molecule has 0 bridgehead atoms. The number of rotatable bonds is 2. The minimum absolute atomic E-state index is 0.531. The molecule has 0 amide bonds. The van der Waals surface area contributed by atoms with Crippen molar-refractivity contribution in [2.45, 2.75) is 0 Å². The van der Waals surface area contributed by atoms with E-state index in [-0.39, 0.29) is 0 Å². The minimum atomic E-state index is 0.531. The molecule has 0 aliphatic heterocycles. The second-order valence-electron chi connectivity index (χ2n) is 4.96. The molecule has 0 saturated carbocycles. The predicted molar refractivity (Wildman–Crippen MR) is 99.6 cm³/mol. The topological polar surface area (TPSA) is 38.9 Å². The van der Waals surface area contributed by atoms with Gasteiger partial charge in [-0.3, -0.25) is 4.98 Å². The molecule has 0 aliphatic rings. The average Bonchev–Trinajstić information content (AvgIpc) is 2.45. The summed E-state index contributed by atoms with van der Waals surface area (Å²) in [5.41, 5.74) is 9.95. The van der Waals surface area contributed by atoms with Gasteiger partial charge in [-0.1, -0.05) is 46.4 Å². The summed E-state index contributed by atoms with van der Waals surface area (Å²) in [5.74, 6) is 0. The number of nitrogen functional groups attached to an aromatic ring is 1. The zero-order chi connectivity index (χ0) is 16.6. The monoisotopic (exact) mass is 382 g/mol. The standard InChI is InChI=1S/C17H10Cl4N2/c18-11-1-9(2-12(19)5-11)15-7-23-8-16(17(15)22)10-3-13(20)6-14(21)4-10/h1-8H,(H2,22,23). The molecule has 2 N–H and O–H groups in total. The SMILES string of the molecule is Nc1c(-c2cc(Cl)cc(Cl)c2)cncc1-c1cc(Cl)cc(Cl)c1. The van der Waals surface area contributed by atoms with E-state index in [0.717, 1.165) is 22.3 Å². The van der Waals surface area contributed by atoms with Crippen LogP contribution in [0.3, 0.4) is 0 Å². The number of hydrogen-bond acceptors (Lipinski definition) is 2. The zero-order valence-corrected chi connectivity index (χ0v) is 14.7. The van der Waals surface area contributed by atoms with E-state index in [9.17, 15) is 0 Å². The Morgan fingerprint density at radius 3 is 1.30 bits per heavy atom. The highest BCUT2D eigenvalue weighted by atomic mass is 35.5. The lowest BCUT2D eigenvalue weighted by atomic mass is 9.99. The number of nitrogens with zero attached hydrogens (tertiary/aromatic N) is 1. The molecule has 2 aromatic carbocycles. The van der Waals surface area contributed by atoms with Crippen LogP contribution in [0.1, 0.15) is 0 Å². The van der Waals surface area contributed by atoms with Crippen molar-refractivity contribution < 1.29 is 0 Å². The summed E-state index contributed by atoms with van der Waals surface area (Å²) in [4.78, 5) is 4.26. The minimum Gasteiger partial charge on any atom is -0.398 e. The van der Waals surface area contributed by atoms with Crippen LogP contribution in [0.4, 0.5) is 5.69 Å². The molecule has 0 saturated heterocycles. The van der Waals surface area contributed by atoms with Gasteiger partial charge in [-0.15, -0.1) is 0 Å². The van der Waals surface area contributed by atoms with Gasteiger partial charge in [-0.2, -0.15) is 0 Å². The van der Waals surface area contributed by atoms with E-state index >= 15 is 0 Å². The fraction of sp³-hybridized carbons (Fsp3) is 0. The van der Waals surface area contributed by atoms with E-state index in [2.05, 4.69) is 4.98 Å². The molecule has 2 nitrogen and oxygen atoms in total. The van der Waals surface area contributed by atoms with Crippen molar-refractivity contribution >= 4 is 52.1 Å². The van der Waals surface area contributed by atoms with Crippen molar-refractivity contribution in [2.24, 2.45) is 0 Å². The molecule has 23 heavy (non-hydrogen) atoms. The number of hydrogen-bond donors (Lipinski definition) is 1. The van der Waals surface area contributed by atoms with Crippen LogP contribution in [-0.2, 0) is 0 Å². The van der Waals surface area contributed by atoms with Crippen molar-refractivity contribution in [1.29, 1.82) is 0 Å². The molecule has 6 heteroatoms. The van der Waals surface area contributed by atoms with Crippen molar-refractivity contribution in [2.75, 3.05) is 5.73 Å². The third kappa shape index (κ3) is 3.56. The maximum Gasteiger partial charge on any atom is 0.0504 e. The molecule has 0 radical (unpaired) electrons. The number of nitrogens with two attached hydrogens (primary N) is 1. The molecule has 0 unspecified atom stereocenters. The van der Waals surface area contributed by atoms with Gasteiger partial charge < -0.3 is 5.73 Å². The van der Waals surface area contributed by atoms with Gasteiger partial charge >= 0.3 is 0 Å². The summed E-state index contributed by atoms with van der Waals surface area (Å²) < 4.78 is 0. The van der Waals surface area contributed by atoms with Crippen LogP contribution in [0.2, 0.25) is 20.1 Å². The maximum absolute atomic E-state index is 6.34. The van der Waals surface area contributed by atoms with Crippen LogP contribution >= 0.6 is 46.4 Å². The van der Waals surface area contributed by atoms with Crippen molar-refractivity contribution in [1.82, 2.24) is 4.98 Å². The summed E-state index contributed by atoms with van der Waals surface area (Å²) >= 11 is 24.3. The van der Waals surface area contributed by atoms with Gasteiger partial charge in [0, 0.05) is 43.6 Å². The Kier molecular flexibility index (Phi) is 4.69. The van der Waals surface area contributed by atoms with E-state index in [0.29, 0.717) is 25.8 Å². The van der Waals surface area contributed by atoms with Gasteiger partial charge in [0.2, 0.25) is 0 Å². The molecule has 3 rings (SSSR count). The second-order valence-corrected chi connectivity index (χ2v) is 6.71. The molecular weight excluding hydrogens is 374 g/mol. The van der Waals surface area contributed by atoms with Crippen molar-refractivity contribution in [3.8, 4) is 22.3 Å². The van der Waals surface area contributed by atoms with E-state index in [1.165, 1.54) is 0 Å². The van der Waals surface area contributed by atoms with Gasteiger partial charge in [0.05, 0.1) is 5.69 Å². The lowest BCUT2D eigenvalue weighted by molar-refractivity contribution is 1.33. The lowest BCUT2D eigenvalue weighted by Crippen LogP contribution is -1.96. The number of pyridine rings is 1. The smallest absolute Gasteiger partial charge is 0.0504 e. The van der Waals surface area contributed by atoms with E-state index in [1.807, 2.05) is 0 Å². The Morgan fingerprint density at radius 2 is 0.957 bits per heavy atom. The Morgan fingerprint density at radius 1 is 0.609 bits per heavy atom. The van der Waals surface area contributed by atoms with Crippen LogP contribution in [0.15, 0.2) is 48.8 Å². The molecule has 0 spiro atoms. The van der Waals surface area contributed by atoms with Crippen LogP contribution in [0, 0.1) is 0 Å². The van der Waals surface area contributed by atoms with Crippen LogP contribution in [0.25, 0.3) is 22.3 Å². The first-order valence-corrected chi connectivity index (χ1v) is 8.11. The summed E-state index contributed by atoms with van der Waals surface area (Å²) in [6, 6.07) is 10.5. The number of aromatic nitrogens is 1. The highest BCUT2D eigenvalue weighted by Crippen LogP contribution is 2.37. The molecule has 0 atom stereocenters. The molecule has 1 aromatic heterocycles. The van der Waals surface area contributed by atoms with Gasteiger partial charge in [-0.25, -0.2) is 0 Å². The summed E-state index contributed by atoms with van der Waals surface area (Å²) in [6.07, 6.45) is 3.35. The molecule has 116 valence electrons. The molecular formula is C17H10Cl4N2. The Balaban J connectivity index is 2.18. The van der Waals surface area contributed by atoms with Crippen LogP contribution in [0.5, 0.6) is 0 Å². The van der Waals surface area contributed by atoms with Gasteiger partial charge in [0.25, 0.3) is 0 Å². The number of halogens is 4. The summed E-state index contributed by atoms with van der Waals surface area (Å²) in [6.45, 7) is 0. The van der Waals surface area contributed by atoms with Crippen molar-refractivity contribution in [3.05, 3.63) is 68.9 Å². The zero-order valence-electron chi connectivity index (χ0n) is 11.7. The first-order chi connectivity index (χ1) is 10.9. The summed E-state index contributed by atoms with van der Waals surface area (Å²) in [7, 11) is 0. The Hall–Kier alpha value is -1.45. The molecule has 3 aromatic rings. The Bertz CT molecular complexity index is 784. The molecule has 0 aliphatic carbocycles. The third-order valence-electron chi connectivity index (χ3n) is 3.33. The largest absolute Gasteiger partial charge is 0.398 e. The average molecular weight is 384 g/mol. The maximum atomic E-state index is 6.34. The second kappa shape index (κ2) is 6.58. The third-order valence-corrected chi connectivity index (χ3v) is 4.21. The van der Waals surface area contributed by atoms with Crippen LogP contribution in [-0.4, -0.2) is 4.98 Å². The molecule has 1 heterocycles. The number of benzene rings is 2. The highest BCUT2D eigenvalue weighted by Gasteiger charge is 2.12. The first-order valence-electron chi connectivity index (χ1n) is 6.60. The fourth-order valence-electron chi connectivity index (χ4n) is 2.35. The van der Waals surface area contributed by atoms with Gasteiger partial charge in [0.15, 0.2) is 0 Å². The predicted octanol–water partition coefficient (Wildman–Crippen LogP) is 6.61. The van der Waals surface area contributed by atoms with Crippen LogP contribution < -0.4 is 5.73 Å². The first kappa shape index (κ1) is 16.4. The number of anilines is 1. The fourth-order valence-corrected chi connectivity index (χ4v) is 3.40. The van der Waals surface area contributed by atoms with E-state index in [4.69, 9.17) is 52.1 Å². The van der Waals surface area contributed by atoms with Crippen molar-refractivity contribution in [3.63, 3.8) is 0 Å². The van der Waals surface area contributed by atoms with E-state index in [1.54, 1.807) is 48.8 Å². The highest BCUT2D eigenvalue weighted by molar-refractivity contribution is 6.35. The summed E-state index contributed by atoms with van der Waals surface area (Å²) in [5, 5.41) is 2.12. The lowest BCUT2D eigenvalue weighted by Gasteiger charge is -2.12. The quantitative estimate of drug-likeness (QED) is 0.540. The Labute approximate surface area is 153 Å². The molecule has 0 fully saturated rings. The van der Waals surface area contributed by atoms with E-state index < -0.39 is 0 Å². The van der Waals surface area contributed by atoms with Gasteiger partial charge in [-0.05, 0) is 47.5 Å². The normalized spacial score (nSPS) is 10.8.